The molecule has 8 N–H and O–H groups in total. The number of amides is 2. The Balaban J connectivity index is 2.67. The maximum absolute atomic E-state index is 12.8. The molecule has 2 amide bonds. The Morgan fingerprint density at radius 3 is 1.76 bits per heavy atom. The van der Waals surface area contributed by atoms with Crippen LogP contribution >= 0.6 is 0 Å². The van der Waals surface area contributed by atoms with Crippen LogP contribution in [0.25, 0.3) is 0 Å². The minimum atomic E-state index is -1.70. The van der Waals surface area contributed by atoms with Crippen molar-refractivity contribution in [2.45, 2.75) is 198 Å². The van der Waals surface area contributed by atoms with Crippen LogP contribution < -0.4 is 10.6 Å². The number of aliphatic carboxylic acids is 1. The molecule has 0 aromatic heterocycles. The number of unbranched alkanes of at least 4 members (excludes halogenated alkanes) is 15. The van der Waals surface area contributed by atoms with Crippen LogP contribution in [0.15, 0.2) is 0 Å². The summed E-state index contributed by atoms with van der Waals surface area (Å²) < 4.78 is 11.4. The Morgan fingerprint density at radius 1 is 0.673 bits per heavy atom. The van der Waals surface area contributed by atoms with Gasteiger partial charge in [-0.2, -0.15) is 0 Å². The standard InChI is InChI=1S/C36H68N2O11/c1-3-5-7-9-10-11-12-13-14-15-17-18-20-27(39)32(44)26(38-30(41)21-19-16-8-6-4-2)25-48-36-35(47)34(46)33(45)28(49-36)24-37-29(40)22-23-31(42)43/h26-28,32-36,39,44-47H,3-25H2,1-2H3,(H,37,40)(H,38,41)(H,42,43)/t26-,27+,28?,32-,33?,34?,35?,36?/m0/s1. The minimum Gasteiger partial charge on any atom is -0.481 e. The molecule has 49 heavy (non-hydrogen) atoms. The molecule has 288 valence electrons. The van der Waals surface area contributed by atoms with E-state index in [4.69, 9.17) is 14.6 Å². The van der Waals surface area contributed by atoms with Gasteiger partial charge in [0.1, 0.15) is 30.5 Å². The van der Waals surface area contributed by atoms with Gasteiger partial charge in [0, 0.05) is 19.4 Å². The zero-order chi connectivity index (χ0) is 36.4. The Morgan fingerprint density at radius 2 is 1.20 bits per heavy atom. The molecule has 0 bridgehead atoms. The maximum Gasteiger partial charge on any atom is 0.303 e. The van der Waals surface area contributed by atoms with Crippen LogP contribution in [0, 0.1) is 0 Å². The fourth-order valence-electron chi connectivity index (χ4n) is 5.97. The summed E-state index contributed by atoms with van der Waals surface area (Å²) in [4.78, 5) is 35.5. The predicted molar refractivity (Wildman–Crippen MR) is 186 cm³/mol. The van der Waals surface area contributed by atoms with Gasteiger partial charge in [-0.25, -0.2) is 0 Å². The van der Waals surface area contributed by atoms with Crippen molar-refractivity contribution in [3.63, 3.8) is 0 Å². The van der Waals surface area contributed by atoms with Crippen molar-refractivity contribution in [1.82, 2.24) is 10.6 Å². The first-order valence-electron chi connectivity index (χ1n) is 19.0. The van der Waals surface area contributed by atoms with Crippen molar-refractivity contribution in [3.05, 3.63) is 0 Å². The zero-order valence-corrected chi connectivity index (χ0v) is 30.1. The number of carboxylic acid groups (broad SMARTS) is 1. The molecule has 13 nitrogen and oxygen atoms in total. The third-order valence-corrected chi connectivity index (χ3v) is 9.19. The lowest BCUT2D eigenvalue weighted by molar-refractivity contribution is -0.297. The van der Waals surface area contributed by atoms with Crippen molar-refractivity contribution in [1.29, 1.82) is 0 Å². The van der Waals surface area contributed by atoms with E-state index in [1.165, 1.54) is 51.4 Å². The lowest BCUT2D eigenvalue weighted by Crippen LogP contribution is -2.61. The van der Waals surface area contributed by atoms with Gasteiger partial charge in [0.15, 0.2) is 6.29 Å². The summed E-state index contributed by atoms with van der Waals surface area (Å²) in [6, 6.07) is -1.05. The van der Waals surface area contributed by atoms with Crippen LogP contribution in [-0.2, 0) is 23.9 Å². The largest absolute Gasteiger partial charge is 0.481 e. The molecule has 0 aromatic carbocycles. The molecular weight excluding hydrogens is 636 g/mol. The smallest absolute Gasteiger partial charge is 0.303 e. The number of carboxylic acids is 1. The molecule has 0 spiro atoms. The average Bonchev–Trinajstić information content (AvgIpc) is 3.08. The Hall–Kier alpha value is -1.87. The van der Waals surface area contributed by atoms with E-state index in [0.717, 1.165) is 44.9 Å². The van der Waals surface area contributed by atoms with Crippen LogP contribution in [0.3, 0.4) is 0 Å². The first-order chi connectivity index (χ1) is 23.5. The molecule has 0 radical (unpaired) electrons. The molecule has 1 saturated heterocycles. The molecular formula is C36H68N2O11. The van der Waals surface area contributed by atoms with E-state index in [0.29, 0.717) is 19.3 Å². The molecule has 0 aliphatic carbocycles. The highest BCUT2D eigenvalue weighted by atomic mass is 16.7. The van der Waals surface area contributed by atoms with Gasteiger partial charge in [0.25, 0.3) is 0 Å². The second-order valence-corrected chi connectivity index (χ2v) is 13.6. The van der Waals surface area contributed by atoms with Crippen molar-refractivity contribution in [2.75, 3.05) is 13.2 Å². The molecule has 0 aromatic rings. The molecule has 1 rings (SSSR count). The number of carbonyl (C=O) groups excluding carboxylic acids is 2. The maximum atomic E-state index is 12.8. The number of aliphatic hydroxyl groups excluding tert-OH is 5. The summed E-state index contributed by atoms with van der Waals surface area (Å²) in [5.41, 5.74) is 0. The summed E-state index contributed by atoms with van der Waals surface area (Å²) in [5, 5.41) is 67.3. The van der Waals surface area contributed by atoms with Gasteiger partial charge in [-0.05, 0) is 12.8 Å². The lowest BCUT2D eigenvalue weighted by atomic mass is 9.98. The van der Waals surface area contributed by atoms with Gasteiger partial charge in [0.05, 0.1) is 25.2 Å². The van der Waals surface area contributed by atoms with Crippen molar-refractivity contribution in [2.24, 2.45) is 0 Å². The fraction of sp³-hybridized carbons (Fsp3) is 0.917. The molecule has 0 saturated carbocycles. The molecule has 1 fully saturated rings. The monoisotopic (exact) mass is 704 g/mol. The van der Waals surface area contributed by atoms with Gasteiger partial charge >= 0.3 is 5.97 Å². The van der Waals surface area contributed by atoms with E-state index in [1.807, 2.05) is 0 Å². The fourth-order valence-corrected chi connectivity index (χ4v) is 5.97. The van der Waals surface area contributed by atoms with Crippen LogP contribution in [0.1, 0.15) is 149 Å². The summed E-state index contributed by atoms with van der Waals surface area (Å²) in [6.07, 6.45) is 8.50. The Kier molecular flexibility index (Phi) is 25.6. The summed E-state index contributed by atoms with van der Waals surface area (Å²) in [5.74, 6) is -2.06. The Bertz CT molecular complexity index is 880. The molecule has 8 atom stereocenters. The van der Waals surface area contributed by atoms with Crippen molar-refractivity contribution in [3.8, 4) is 0 Å². The summed E-state index contributed by atoms with van der Waals surface area (Å²) in [7, 11) is 0. The van der Waals surface area contributed by atoms with Gasteiger partial charge < -0.3 is 50.7 Å². The summed E-state index contributed by atoms with van der Waals surface area (Å²) >= 11 is 0. The zero-order valence-electron chi connectivity index (χ0n) is 30.1. The van der Waals surface area contributed by atoms with Gasteiger partial charge in [-0.3, -0.25) is 14.4 Å². The number of aliphatic hydroxyl groups is 5. The normalized spacial score (nSPS) is 22.7. The number of rotatable bonds is 30. The minimum absolute atomic E-state index is 0.235. The van der Waals surface area contributed by atoms with Crippen molar-refractivity contribution < 1.29 is 54.5 Å². The highest BCUT2D eigenvalue weighted by Gasteiger charge is 2.45. The third-order valence-electron chi connectivity index (χ3n) is 9.19. The van der Waals surface area contributed by atoms with Crippen LogP contribution in [0.2, 0.25) is 0 Å². The number of hydrogen-bond donors (Lipinski definition) is 8. The predicted octanol–water partition coefficient (Wildman–Crippen LogP) is 3.45. The van der Waals surface area contributed by atoms with E-state index in [9.17, 15) is 39.9 Å². The molecule has 1 aliphatic rings. The third kappa shape index (κ3) is 20.5. The second-order valence-electron chi connectivity index (χ2n) is 13.6. The van der Waals surface area contributed by atoms with Crippen molar-refractivity contribution >= 4 is 17.8 Å². The molecule has 5 unspecified atom stereocenters. The van der Waals surface area contributed by atoms with E-state index >= 15 is 0 Å². The quantitative estimate of drug-likeness (QED) is 0.0507. The molecule has 13 heteroatoms. The van der Waals surface area contributed by atoms with E-state index < -0.39 is 60.8 Å². The molecule has 1 aliphatic heterocycles. The lowest BCUT2D eigenvalue weighted by Gasteiger charge is -2.41. The van der Waals surface area contributed by atoms with Gasteiger partial charge in [-0.15, -0.1) is 0 Å². The summed E-state index contributed by atoms with van der Waals surface area (Å²) in [6.45, 7) is 3.66. The highest BCUT2D eigenvalue weighted by molar-refractivity contribution is 5.80. The van der Waals surface area contributed by atoms with E-state index in [-0.39, 0.29) is 38.3 Å². The van der Waals surface area contributed by atoms with E-state index in [1.54, 1.807) is 0 Å². The topological polar surface area (TPSA) is 215 Å². The van der Waals surface area contributed by atoms with E-state index in [2.05, 4.69) is 24.5 Å². The number of carbonyl (C=O) groups is 3. The number of ether oxygens (including phenoxy) is 2. The van der Waals surface area contributed by atoms with Crippen LogP contribution in [0.4, 0.5) is 0 Å². The number of nitrogens with one attached hydrogen (secondary N) is 2. The molecule has 1 heterocycles. The van der Waals surface area contributed by atoms with Gasteiger partial charge in [-0.1, -0.05) is 117 Å². The Labute approximate surface area is 293 Å². The first-order valence-corrected chi connectivity index (χ1v) is 19.0. The SMILES string of the molecule is CCCCCCCCCCCCCC[C@@H](O)[C@@H](O)[C@H](COC1OC(CNC(=O)CCC(=O)O)C(O)C(O)C1O)NC(=O)CCCCCCC. The second kappa shape index (κ2) is 27.8. The van der Waals surface area contributed by atoms with Crippen LogP contribution in [0.5, 0.6) is 0 Å². The number of hydrogen-bond acceptors (Lipinski definition) is 10. The average molecular weight is 705 g/mol. The first kappa shape index (κ1) is 45.2. The van der Waals surface area contributed by atoms with Crippen LogP contribution in [-0.4, -0.2) is 111 Å². The van der Waals surface area contributed by atoms with Gasteiger partial charge in [0.2, 0.25) is 11.8 Å². The highest BCUT2D eigenvalue weighted by Crippen LogP contribution is 2.23.